The van der Waals surface area contributed by atoms with Crippen LogP contribution in [0.25, 0.3) is 0 Å². The Balaban J connectivity index is -0.0000000800. The van der Waals surface area contributed by atoms with Crippen LogP contribution >= 0.6 is 24.8 Å². The normalized spacial score (nSPS) is 6.00. The minimum atomic E-state index is 0. The van der Waals surface area contributed by atoms with Gasteiger partial charge in [0.25, 0.3) is 0 Å². The van der Waals surface area contributed by atoms with Gasteiger partial charge >= 0.3 is 0 Å². The van der Waals surface area contributed by atoms with Crippen LogP contribution in [0.4, 0.5) is 0 Å². The highest BCUT2D eigenvalue weighted by Crippen LogP contribution is 1.33. The molecular weight excluding hydrogens is 137 g/mol. The van der Waals surface area contributed by atoms with E-state index in [1.807, 2.05) is 0 Å². The van der Waals surface area contributed by atoms with E-state index >= 15 is 0 Å². The lowest BCUT2D eigenvalue weighted by molar-refractivity contribution is 0.738. The molecular formula is C2H11Cl2N3. The summed E-state index contributed by atoms with van der Waals surface area (Å²) in [6.07, 6.45) is 0. The van der Waals surface area contributed by atoms with Crippen molar-refractivity contribution in [2.45, 2.75) is 0 Å². The summed E-state index contributed by atoms with van der Waals surface area (Å²) in [5.41, 5.74) is 7.39. The maximum Gasteiger partial charge on any atom is 0.0220 e. The molecule has 0 unspecified atom stereocenters. The number of hydrogen-bond donors (Lipinski definition) is 3. The summed E-state index contributed by atoms with van der Waals surface area (Å²) in [6.45, 7) is 1.30. The lowest BCUT2D eigenvalue weighted by Crippen LogP contribution is -2.28. The highest BCUT2D eigenvalue weighted by atomic mass is 35.5. The summed E-state index contributed by atoms with van der Waals surface area (Å²) in [7, 11) is 0. The summed E-state index contributed by atoms with van der Waals surface area (Å²) in [4.78, 5) is 0. The number of hydrazine groups is 1. The fourth-order valence-corrected chi connectivity index (χ4v) is 0.0833. The van der Waals surface area contributed by atoms with Gasteiger partial charge in [-0.25, -0.2) is 0 Å². The molecule has 0 aromatic heterocycles. The number of rotatable bonds is 2. The van der Waals surface area contributed by atoms with Crippen LogP contribution in [0.15, 0.2) is 0 Å². The molecule has 0 spiro atoms. The van der Waals surface area contributed by atoms with Gasteiger partial charge in [-0.2, -0.15) is 0 Å². The Morgan fingerprint density at radius 3 is 1.71 bits per heavy atom. The highest BCUT2D eigenvalue weighted by molar-refractivity contribution is 5.85. The minimum Gasteiger partial charge on any atom is -0.329 e. The predicted molar refractivity (Wildman–Crippen MR) is 35.7 cm³/mol. The van der Waals surface area contributed by atoms with Crippen molar-refractivity contribution >= 4 is 24.8 Å². The van der Waals surface area contributed by atoms with Crippen molar-refractivity contribution in [2.24, 2.45) is 11.6 Å². The maximum atomic E-state index is 5.00. The second-order valence-electron chi connectivity index (χ2n) is 0.743. The minimum absolute atomic E-state index is 0. The summed E-state index contributed by atoms with van der Waals surface area (Å²) in [5, 5.41) is 0. The lowest BCUT2D eigenvalue weighted by Gasteiger charge is -1.85. The number of nitrogens with two attached hydrogens (primary N) is 2. The van der Waals surface area contributed by atoms with E-state index in [1.165, 1.54) is 0 Å². The van der Waals surface area contributed by atoms with Gasteiger partial charge in [0.2, 0.25) is 0 Å². The zero-order valence-electron chi connectivity index (χ0n) is 3.89. The number of hydrogen-bond acceptors (Lipinski definition) is 3. The molecule has 0 atom stereocenters. The zero-order chi connectivity index (χ0) is 4.12. The van der Waals surface area contributed by atoms with E-state index in [-0.39, 0.29) is 24.8 Å². The molecule has 0 aliphatic carbocycles. The third-order valence-electron chi connectivity index (χ3n) is 0.289. The highest BCUT2D eigenvalue weighted by Gasteiger charge is 1.64. The van der Waals surface area contributed by atoms with Crippen LogP contribution in [0.1, 0.15) is 0 Å². The van der Waals surface area contributed by atoms with Crippen LogP contribution < -0.4 is 17.0 Å². The Morgan fingerprint density at radius 1 is 1.29 bits per heavy atom. The van der Waals surface area contributed by atoms with E-state index in [0.29, 0.717) is 13.1 Å². The standard InChI is InChI=1S/C2H9N3.2ClH/c3-1-2-5-4;;/h5H,1-4H2;2*1H. The second kappa shape index (κ2) is 16.1. The van der Waals surface area contributed by atoms with Crippen LogP contribution in [0, 0.1) is 0 Å². The summed E-state index contributed by atoms with van der Waals surface area (Å²) in [5.74, 6) is 4.81. The van der Waals surface area contributed by atoms with E-state index in [2.05, 4.69) is 5.43 Å². The van der Waals surface area contributed by atoms with Crippen molar-refractivity contribution in [3.05, 3.63) is 0 Å². The summed E-state index contributed by atoms with van der Waals surface area (Å²) >= 11 is 0. The summed E-state index contributed by atoms with van der Waals surface area (Å²) in [6, 6.07) is 0. The molecule has 0 aliphatic heterocycles. The average Bonchev–Trinajstić information content (AvgIpc) is 1.41. The molecule has 0 aliphatic rings. The van der Waals surface area contributed by atoms with E-state index < -0.39 is 0 Å². The van der Waals surface area contributed by atoms with Gasteiger partial charge in [-0.05, 0) is 0 Å². The van der Waals surface area contributed by atoms with Gasteiger partial charge in [-0.1, -0.05) is 0 Å². The zero-order valence-corrected chi connectivity index (χ0v) is 5.52. The third-order valence-corrected chi connectivity index (χ3v) is 0.289. The largest absolute Gasteiger partial charge is 0.329 e. The molecule has 3 nitrogen and oxygen atoms in total. The predicted octanol–water partition coefficient (Wildman–Crippen LogP) is -0.748. The first kappa shape index (κ1) is 15.7. The van der Waals surface area contributed by atoms with Gasteiger partial charge in [-0.15, -0.1) is 24.8 Å². The van der Waals surface area contributed by atoms with Crippen molar-refractivity contribution in [1.82, 2.24) is 5.43 Å². The number of nitrogens with one attached hydrogen (secondary N) is 1. The molecule has 0 bridgehead atoms. The molecule has 0 fully saturated rings. The fraction of sp³-hybridized carbons (Fsp3) is 1.00. The molecule has 5 N–H and O–H groups in total. The monoisotopic (exact) mass is 147 g/mol. The van der Waals surface area contributed by atoms with Crippen molar-refractivity contribution in [2.75, 3.05) is 13.1 Å². The Kier molecular flexibility index (Phi) is 36.0. The van der Waals surface area contributed by atoms with Crippen molar-refractivity contribution in [3.8, 4) is 0 Å². The molecule has 0 aromatic rings. The van der Waals surface area contributed by atoms with Gasteiger partial charge in [0, 0.05) is 13.1 Å². The first-order valence-electron chi connectivity index (χ1n) is 1.55. The third kappa shape index (κ3) is 21.2. The van der Waals surface area contributed by atoms with Crippen LogP contribution in [-0.4, -0.2) is 13.1 Å². The van der Waals surface area contributed by atoms with Crippen molar-refractivity contribution in [3.63, 3.8) is 0 Å². The molecule has 7 heavy (non-hydrogen) atoms. The second-order valence-corrected chi connectivity index (χ2v) is 0.743. The molecule has 0 radical (unpaired) electrons. The first-order chi connectivity index (χ1) is 2.41. The van der Waals surface area contributed by atoms with E-state index in [0.717, 1.165) is 0 Å². The lowest BCUT2D eigenvalue weighted by atomic mass is 10.7. The quantitative estimate of drug-likeness (QED) is 0.356. The van der Waals surface area contributed by atoms with Crippen LogP contribution in [-0.2, 0) is 0 Å². The van der Waals surface area contributed by atoms with Gasteiger partial charge in [0.15, 0.2) is 0 Å². The Morgan fingerprint density at radius 2 is 1.71 bits per heavy atom. The molecule has 0 saturated heterocycles. The number of halogens is 2. The molecule has 0 rings (SSSR count). The van der Waals surface area contributed by atoms with E-state index in [9.17, 15) is 0 Å². The van der Waals surface area contributed by atoms with E-state index in [4.69, 9.17) is 11.6 Å². The van der Waals surface area contributed by atoms with Crippen molar-refractivity contribution < 1.29 is 0 Å². The van der Waals surface area contributed by atoms with Crippen molar-refractivity contribution in [1.29, 1.82) is 0 Å². The van der Waals surface area contributed by atoms with Crippen LogP contribution in [0.2, 0.25) is 0 Å². The fourth-order valence-electron chi connectivity index (χ4n) is 0.0833. The van der Waals surface area contributed by atoms with Gasteiger partial charge < -0.3 is 5.73 Å². The van der Waals surface area contributed by atoms with Gasteiger partial charge in [0.05, 0.1) is 0 Å². The Hall–Kier alpha value is 0.460. The van der Waals surface area contributed by atoms with Gasteiger partial charge in [-0.3, -0.25) is 11.3 Å². The molecule has 0 aromatic carbocycles. The molecule has 0 heterocycles. The molecule has 0 amide bonds. The molecule has 0 saturated carbocycles. The van der Waals surface area contributed by atoms with E-state index in [1.54, 1.807) is 0 Å². The average molecular weight is 148 g/mol. The Labute approximate surface area is 55.6 Å². The SMILES string of the molecule is Cl.Cl.NCCNN. The Bertz CT molecular complexity index is 18.4. The molecule has 5 heteroatoms. The summed E-state index contributed by atoms with van der Waals surface area (Å²) < 4.78 is 0. The van der Waals surface area contributed by atoms with Gasteiger partial charge in [0.1, 0.15) is 0 Å². The van der Waals surface area contributed by atoms with Crippen LogP contribution in [0.3, 0.4) is 0 Å². The molecule has 48 valence electrons. The topological polar surface area (TPSA) is 64.1 Å². The maximum absolute atomic E-state index is 5.00. The smallest absolute Gasteiger partial charge is 0.0220 e. The first-order valence-corrected chi connectivity index (χ1v) is 1.55. The van der Waals surface area contributed by atoms with Crippen LogP contribution in [0.5, 0.6) is 0 Å².